The molecule has 3 heteroatoms. The van der Waals surface area contributed by atoms with Gasteiger partial charge in [-0.25, -0.2) is 0 Å². The van der Waals surface area contributed by atoms with Crippen molar-refractivity contribution in [2.75, 3.05) is 0 Å². The molecule has 3 rings (SSSR count). The minimum atomic E-state index is -0.201. The summed E-state index contributed by atoms with van der Waals surface area (Å²) in [6.45, 7) is 4.18. The van der Waals surface area contributed by atoms with Crippen molar-refractivity contribution < 1.29 is 9.47 Å². The number of benzene rings is 1. The highest BCUT2D eigenvalue weighted by Crippen LogP contribution is 2.40. The van der Waals surface area contributed by atoms with E-state index >= 15 is 0 Å². The van der Waals surface area contributed by atoms with Crippen molar-refractivity contribution >= 4 is 0 Å². The van der Waals surface area contributed by atoms with Gasteiger partial charge in [-0.3, -0.25) is 0 Å². The molecule has 1 saturated carbocycles. The van der Waals surface area contributed by atoms with Gasteiger partial charge in [-0.15, -0.1) is 0 Å². The summed E-state index contributed by atoms with van der Waals surface area (Å²) in [5, 5.41) is 0. The van der Waals surface area contributed by atoms with Crippen molar-refractivity contribution in [2.45, 2.75) is 76.5 Å². The van der Waals surface area contributed by atoms with E-state index < -0.39 is 0 Å². The fourth-order valence-corrected chi connectivity index (χ4v) is 3.51. The molecular formula is C18H27NO2. The van der Waals surface area contributed by atoms with Crippen LogP contribution in [0.15, 0.2) is 18.2 Å². The predicted octanol–water partition coefficient (Wildman–Crippen LogP) is 4.35. The van der Waals surface area contributed by atoms with Crippen molar-refractivity contribution in [1.82, 2.24) is 0 Å². The lowest BCUT2D eigenvalue weighted by molar-refractivity contribution is 0.0720. The Kier molecular flexibility index (Phi) is 4.12. The molecule has 0 saturated heterocycles. The highest BCUT2D eigenvalue weighted by molar-refractivity contribution is 5.44. The Labute approximate surface area is 127 Å². The molecule has 2 N–H and O–H groups in total. The quantitative estimate of drug-likeness (QED) is 0.823. The summed E-state index contributed by atoms with van der Waals surface area (Å²) in [6.07, 6.45) is 8.80. The second-order valence-corrected chi connectivity index (χ2v) is 7.10. The summed E-state index contributed by atoms with van der Waals surface area (Å²) in [4.78, 5) is 0. The first kappa shape index (κ1) is 14.7. The van der Waals surface area contributed by atoms with E-state index in [2.05, 4.69) is 19.9 Å². The maximum Gasteiger partial charge on any atom is 0.128 e. The van der Waals surface area contributed by atoms with E-state index in [4.69, 9.17) is 15.2 Å². The second kappa shape index (κ2) is 5.88. The molecule has 0 amide bonds. The highest BCUT2D eigenvalue weighted by Gasteiger charge is 2.32. The van der Waals surface area contributed by atoms with Gasteiger partial charge in [0.15, 0.2) is 0 Å². The van der Waals surface area contributed by atoms with Gasteiger partial charge in [0.25, 0.3) is 0 Å². The molecule has 0 bridgehead atoms. The largest absolute Gasteiger partial charge is 0.490 e. The molecule has 1 aromatic carbocycles. The second-order valence-electron chi connectivity index (χ2n) is 7.10. The first-order chi connectivity index (χ1) is 10.0. The number of hydrogen-bond acceptors (Lipinski definition) is 3. The predicted molar refractivity (Wildman–Crippen MR) is 84.8 cm³/mol. The zero-order valence-electron chi connectivity index (χ0n) is 13.2. The van der Waals surface area contributed by atoms with Crippen molar-refractivity contribution in [2.24, 2.45) is 5.73 Å². The average Bonchev–Trinajstić information content (AvgIpc) is 2.65. The van der Waals surface area contributed by atoms with E-state index in [1.54, 1.807) is 0 Å². The summed E-state index contributed by atoms with van der Waals surface area (Å²) in [7, 11) is 0. The van der Waals surface area contributed by atoms with Crippen LogP contribution in [0.4, 0.5) is 0 Å². The molecule has 2 aliphatic rings. The first-order valence-electron chi connectivity index (χ1n) is 8.29. The minimum absolute atomic E-state index is 0.0516. The molecule has 21 heavy (non-hydrogen) atoms. The molecule has 3 nitrogen and oxygen atoms in total. The van der Waals surface area contributed by atoms with Crippen molar-refractivity contribution in [3.05, 3.63) is 23.8 Å². The van der Waals surface area contributed by atoms with Crippen molar-refractivity contribution in [1.29, 1.82) is 0 Å². The van der Waals surface area contributed by atoms with Crippen LogP contribution in [0.3, 0.4) is 0 Å². The minimum Gasteiger partial charge on any atom is -0.490 e. The van der Waals surface area contributed by atoms with Crippen molar-refractivity contribution in [3.8, 4) is 11.5 Å². The van der Waals surface area contributed by atoms with Crippen LogP contribution in [0.25, 0.3) is 0 Å². The molecule has 0 spiro atoms. The van der Waals surface area contributed by atoms with Gasteiger partial charge >= 0.3 is 0 Å². The molecular weight excluding hydrogens is 262 g/mol. The molecule has 0 radical (unpaired) electrons. The van der Waals surface area contributed by atoms with Crippen LogP contribution in [0.1, 0.15) is 70.4 Å². The first-order valence-corrected chi connectivity index (χ1v) is 8.29. The SMILES string of the molecule is CC1(C)CC(N)c2ccc(OC3CCCCCC3)cc2O1. The Morgan fingerprint density at radius 3 is 2.57 bits per heavy atom. The topological polar surface area (TPSA) is 44.5 Å². The van der Waals surface area contributed by atoms with Crippen LogP contribution in [0, 0.1) is 0 Å². The van der Waals surface area contributed by atoms with Gasteiger partial charge in [0.05, 0.1) is 6.10 Å². The number of ether oxygens (including phenoxy) is 2. The standard InChI is InChI=1S/C18H27NO2/c1-18(2)12-16(19)15-10-9-14(11-17(15)21-18)20-13-7-5-3-4-6-8-13/h9-11,13,16H,3-8,12,19H2,1-2H3. The Morgan fingerprint density at radius 2 is 1.86 bits per heavy atom. The van der Waals surface area contributed by atoms with Crippen molar-refractivity contribution in [3.63, 3.8) is 0 Å². The monoisotopic (exact) mass is 289 g/mol. The van der Waals surface area contributed by atoms with Crippen LogP contribution in [-0.2, 0) is 0 Å². The number of nitrogens with two attached hydrogens (primary N) is 1. The van der Waals surface area contributed by atoms with E-state index in [0.717, 1.165) is 23.5 Å². The van der Waals surface area contributed by atoms with Crippen LogP contribution in [0.2, 0.25) is 0 Å². The summed E-state index contributed by atoms with van der Waals surface area (Å²) in [5.74, 6) is 1.82. The molecule has 1 atom stereocenters. The average molecular weight is 289 g/mol. The molecule has 0 aromatic heterocycles. The van der Waals surface area contributed by atoms with Crippen LogP contribution < -0.4 is 15.2 Å². The summed E-state index contributed by atoms with van der Waals surface area (Å²) in [5.41, 5.74) is 7.15. The molecule has 1 aliphatic carbocycles. The summed E-state index contributed by atoms with van der Waals surface area (Å²) >= 11 is 0. The van der Waals surface area contributed by atoms with Gasteiger partial charge in [0, 0.05) is 24.1 Å². The van der Waals surface area contributed by atoms with Gasteiger partial charge < -0.3 is 15.2 Å². The fourth-order valence-electron chi connectivity index (χ4n) is 3.51. The number of fused-ring (bicyclic) bond motifs is 1. The van der Waals surface area contributed by atoms with E-state index in [1.165, 1.54) is 38.5 Å². The molecule has 1 unspecified atom stereocenters. The third kappa shape index (κ3) is 3.52. The lowest BCUT2D eigenvalue weighted by atomic mass is 9.90. The summed E-state index contributed by atoms with van der Waals surface area (Å²) in [6, 6.07) is 6.20. The Morgan fingerprint density at radius 1 is 1.14 bits per heavy atom. The smallest absolute Gasteiger partial charge is 0.128 e. The van der Waals surface area contributed by atoms with Crippen LogP contribution >= 0.6 is 0 Å². The maximum absolute atomic E-state index is 6.26. The van der Waals surface area contributed by atoms with Gasteiger partial charge in [-0.1, -0.05) is 18.9 Å². The van der Waals surface area contributed by atoms with Gasteiger partial charge in [0.2, 0.25) is 0 Å². The molecule has 1 aromatic rings. The molecule has 1 aliphatic heterocycles. The maximum atomic E-state index is 6.26. The van der Waals surface area contributed by atoms with E-state index in [-0.39, 0.29) is 11.6 Å². The van der Waals surface area contributed by atoms with Crippen LogP contribution in [0.5, 0.6) is 11.5 Å². The zero-order chi connectivity index (χ0) is 14.9. The van der Waals surface area contributed by atoms with Gasteiger partial charge in [-0.2, -0.15) is 0 Å². The Bertz CT molecular complexity index is 490. The van der Waals surface area contributed by atoms with Crippen LogP contribution in [-0.4, -0.2) is 11.7 Å². The Balaban J connectivity index is 1.76. The normalized spacial score (nSPS) is 25.6. The molecule has 1 fully saturated rings. The third-order valence-corrected chi connectivity index (χ3v) is 4.59. The van der Waals surface area contributed by atoms with E-state index in [1.807, 2.05) is 12.1 Å². The van der Waals surface area contributed by atoms with Gasteiger partial charge in [-0.05, 0) is 45.6 Å². The molecule has 1 heterocycles. The lowest BCUT2D eigenvalue weighted by Gasteiger charge is -2.36. The lowest BCUT2D eigenvalue weighted by Crippen LogP contribution is -2.37. The van der Waals surface area contributed by atoms with E-state index in [9.17, 15) is 0 Å². The zero-order valence-corrected chi connectivity index (χ0v) is 13.2. The fraction of sp³-hybridized carbons (Fsp3) is 0.667. The van der Waals surface area contributed by atoms with E-state index in [0.29, 0.717) is 6.10 Å². The number of rotatable bonds is 2. The molecule has 116 valence electrons. The highest BCUT2D eigenvalue weighted by atomic mass is 16.5. The Hall–Kier alpha value is -1.22. The number of hydrogen-bond donors (Lipinski definition) is 1. The third-order valence-electron chi connectivity index (χ3n) is 4.59. The van der Waals surface area contributed by atoms with Gasteiger partial charge in [0.1, 0.15) is 17.1 Å². The summed E-state index contributed by atoms with van der Waals surface area (Å²) < 4.78 is 12.3.